The highest BCUT2D eigenvalue weighted by molar-refractivity contribution is 7.21. The van der Waals surface area contributed by atoms with Crippen molar-refractivity contribution in [3.05, 3.63) is 28.6 Å². The van der Waals surface area contributed by atoms with Crippen LogP contribution in [0.3, 0.4) is 0 Å². The van der Waals surface area contributed by atoms with E-state index in [0.717, 1.165) is 41.7 Å². The molecule has 0 atom stereocenters. The van der Waals surface area contributed by atoms with Gasteiger partial charge in [-0.15, -0.1) is 11.3 Å². The number of amides is 1. The lowest BCUT2D eigenvalue weighted by atomic mass is 10.0. The second kappa shape index (κ2) is 6.03. The largest absolute Gasteiger partial charge is 0.397 e. The highest BCUT2D eigenvalue weighted by Crippen LogP contribution is 2.35. The van der Waals surface area contributed by atoms with Gasteiger partial charge in [0.25, 0.3) is 5.91 Å². The van der Waals surface area contributed by atoms with Crippen molar-refractivity contribution in [2.24, 2.45) is 5.92 Å². The molecule has 0 unspecified atom stereocenters. The Kier molecular flexibility index (Phi) is 4.12. The average Bonchev–Trinajstić information content (AvgIpc) is 2.85. The summed E-state index contributed by atoms with van der Waals surface area (Å²) in [5.74, 6) is 0.458. The third-order valence-electron chi connectivity index (χ3n) is 4.05. The number of aryl methyl sites for hydroxylation is 1. The molecule has 4 nitrogen and oxygen atoms in total. The fraction of sp³-hybridized carbons (Fsp3) is 0.438. The Morgan fingerprint density at radius 2 is 2.19 bits per heavy atom. The summed E-state index contributed by atoms with van der Waals surface area (Å²) in [7, 11) is 0. The summed E-state index contributed by atoms with van der Waals surface area (Å²) < 4.78 is 6.44. The number of carbonyl (C=O) groups excluding carboxylic acids is 1. The van der Waals surface area contributed by atoms with Crippen LogP contribution in [-0.2, 0) is 4.74 Å². The van der Waals surface area contributed by atoms with Gasteiger partial charge in [-0.2, -0.15) is 0 Å². The highest BCUT2D eigenvalue weighted by Gasteiger charge is 2.19. The molecular formula is C16H20N2O2S. The Morgan fingerprint density at radius 3 is 2.90 bits per heavy atom. The lowest BCUT2D eigenvalue weighted by molar-refractivity contribution is 0.0643. The van der Waals surface area contributed by atoms with Crippen LogP contribution in [-0.4, -0.2) is 25.7 Å². The number of hydrogen-bond donors (Lipinski definition) is 2. The molecule has 112 valence electrons. The van der Waals surface area contributed by atoms with Crippen molar-refractivity contribution in [3.63, 3.8) is 0 Å². The van der Waals surface area contributed by atoms with E-state index in [-0.39, 0.29) is 5.91 Å². The molecule has 0 spiro atoms. The van der Waals surface area contributed by atoms with Gasteiger partial charge in [-0.3, -0.25) is 4.79 Å². The Bertz CT molecular complexity index is 660. The molecule has 1 fully saturated rings. The number of anilines is 1. The van der Waals surface area contributed by atoms with Crippen LogP contribution in [0.15, 0.2) is 18.2 Å². The van der Waals surface area contributed by atoms with Gasteiger partial charge < -0.3 is 15.8 Å². The molecule has 1 aromatic heterocycles. The van der Waals surface area contributed by atoms with E-state index in [4.69, 9.17) is 10.5 Å². The third kappa shape index (κ3) is 2.89. The first-order valence-electron chi connectivity index (χ1n) is 7.30. The van der Waals surface area contributed by atoms with E-state index in [0.29, 0.717) is 23.0 Å². The summed E-state index contributed by atoms with van der Waals surface area (Å²) in [6, 6.07) is 6.00. The van der Waals surface area contributed by atoms with Crippen molar-refractivity contribution in [1.82, 2.24) is 5.32 Å². The Hall–Kier alpha value is -1.59. The zero-order valence-electron chi connectivity index (χ0n) is 12.1. The van der Waals surface area contributed by atoms with Gasteiger partial charge in [-0.25, -0.2) is 0 Å². The maximum atomic E-state index is 12.4. The van der Waals surface area contributed by atoms with Crippen LogP contribution in [0, 0.1) is 12.8 Å². The van der Waals surface area contributed by atoms with E-state index in [1.807, 2.05) is 25.1 Å². The minimum absolute atomic E-state index is 0.0559. The smallest absolute Gasteiger partial charge is 0.263 e. The van der Waals surface area contributed by atoms with Gasteiger partial charge in [0.15, 0.2) is 0 Å². The molecule has 0 aliphatic carbocycles. The van der Waals surface area contributed by atoms with Crippen molar-refractivity contribution < 1.29 is 9.53 Å². The van der Waals surface area contributed by atoms with Gasteiger partial charge in [0, 0.05) is 29.8 Å². The molecule has 3 N–H and O–H groups in total. The number of benzene rings is 1. The van der Waals surface area contributed by atoms with E-state index in [1.165, 1.54) is 11.3 Å². The first kappa shape index (κ1) is 14.4. The third-order valence-corrected chi connectivity index (χ3v) is 5.40. The van der Waals surface area contributed by atoms with Crippen LogP contribution < -0.4 is 11.1 Å². The second-order valence-corrected chi connectivity index (χ2v) is 6.58. The second-order valence-electron chi connectivity index (χ2n) is 5.56. The standard InChI is InChI=1S/C16H20N2O2S/c1-10-3-2-4-12-13(17)15(21-14(10)12)16(19)18-9-11-5-7-20-8-6-11/h2-4,11H,5-9,17H2,1H3,(H,18,19). The number of nitrogens with one attached hydrogen (secondary N) is 1. The molecule has 21 heavy (non-hydrogen) atoms. The van der Waals surface area contributed by atoms with Gasteiger partial charge in [0.05, 0.1) is 5.69 Å². The van der Waals surface area contributed by atoms with E-state index in [9.17, 15) is 4.79 Å². The molecule has 1 aliphatic heterocycles. The van der Waals surface area contributed by atoms with Crippen LogP contribution in [0.4, 0.5) is 5.69 Å². The van der Waals surface area contributed by atoms with Crippen molar-refractivity contribution in [1.29, 1.82) is 0 Å². The molecule has 3 rings (SSSR count). The van der Waals surface area contributed by atoms with Gasteiger partial charge in [-0.1, -0.05) is 18.2 Å². The van der Waals surface area contributed by atoms with Crippen LogP contribution in [0.5, 0.6) is 0 Å². The van der Waals surface area contributed by atoms with E-state index in [1.54, 1.807) is 0 Å². The fourth-order valence-electron chi connectivity index (χ4n) is 2.72. The lowest BCUT2D eigenvalue weighted by Gasteiger charge is -2.22. The molecule has 1 aromatic carbocycles. The minimum atomic E-state index is -0.0559. The van der Waals surface area contributed by atoms with E-state index < -0.39 is 0 Å². The van der Waals surface area contributed by atoms with Gasteiger partial charge >= 0.3 is 0 Å². The number of fused-ring (bicyclic) bond motifs is 1. The Balaban J connectivity index is 1.75. The molecule has 1 saturated heterocycles. The van der Waals surface area contributed by atoms with Crippen molar-refractivity contribution in [3.8, 4) is 0 Å². The molecule has 0 saturated carbocycles. The lowest BCUT2D eigenvalue weighted by Crippen LogP contribution is -2.32. The van der Waals surface area contributed by atoms with E-state index in [2.05, 4.69) is 5.32 Å². The van der Waals surface area contributed by atoms with Gasteiger partial charge in [0.2, 0.25) is 0 Å². The molecule has 5 heteroatoms. The van der Waals surface area contributed by atoms with Crippen LogP contribution in [0.25, 0.3) is 10.1 Å². The summed E-state index contributed by atoms with van der Waals surface area (Å²) in [4.78, 5) is 13.0. The Labute approximate surface area is 128 Å². The van der Waals surface area contributed by atoms with Crippen molar-refractivity contribution in [2.75, 3.05) is 25.5 Å². The predicted molar refractivity (Wildman–Crippen MR) is 86.9 cm³/mol. The first-order valence-corrected chi connectivity index (χ1v) is 8.12. The normalized spacial score (nSPS) is 16.2. The van der Waals surface area contributed by atoms with Gasteiger partial charge in [-0.05, 0) is 31.2 Å². The van der Waals surface area contributed by atoms with Crippen molar-refractivity contribution in [2.45, 2.75) is 19.8 Å². The minimum Gasteiger partial charge on any atom is -0.397 e. The number of hydrogen-bond acceptors (Lipinski definition) is 4. The summed E-state index contributed by atoms with van der Waals surface area (Å²) >= 11 is 1.48. The number of nitrogen functional groups attached to an aromatic ring is 1. The van der Waals surface area contributed by atoms with Gasteiger partial charge in [0.1, 0.15) is 4.88 Å². The molecule has 0 bridgehead atoms. The monoisotopic (exact) mass is 304 g/mol. The highest BCUT2D eigenvalue weighted by atomic mass is 32.1. The topological polar surface area (TPSA) is 64.4 Å². The van der Waals surface area contributed by atoms with Crippen LogP contribution in [0.2, 0.25) is 0 Å². The Morgan fingerprint density at radius 1 is 1.43 bits per heavy atom. The van der Waals surface area contributed by atoms with E-state index >= 15 is 0 Å². The molecule has 0 radical (unpaired) electrons. The predicted octanol–water partition coefficient (Wildman–Crippen LogP) is 2.95. The summed E-state index contributed by atoms with van der Waals surface area (Å²) in [6.07, 6.45) is 2.03. The maximum Gasteiger partial charge on any atom is 0.263 e. The molecular weight excluding hydrogens is 284 g/mol. The molecule has 1 aliphatic rings. The molecule has 1 amide bonds. The first-order chi connectivity index (χ1) is 10.2. The maximum absolute atomic E-state index is 12.4. The zero-order chi connectivity index (χ0) is 14.8. The summed E-state index contributed by atoms with van der Waals surface area (Å²) in [5, 5.41) is 4.01. The summed E-state index contributed by atoms with van der Waals surface area (Å²) in [5.41, 5.74) is 7.91. The number of ether oxygens (including phenoxy) is 1. The average molecular weight is 304 g/mol. The van der Waals surface area contributed by atoms with Crippen molar-refractivity contribution >= 4 is 33.0 Å². The number of thiophene rings is 1. The SMILES string of the molecule is Cc1cccc2c(N)c(C(=O)NCC3CCOCC3)sc12. The molecule has 2 heterocycles. The van der Waals surface area contributed by atoms with Crippen LogP contribution >= 0.6 is 11.3 Å². The number of nitrogens with two attached hydrogens (primary N) is 1. The van der Waals surface area contributed by atoms with Crippen LogP contribution in [0.1, 0.15) is 28.1 Å². The summed E-state index contributed by atoms with van der Waals surface area (Å²) in [6.45, 7) is 4.34. The zero-order valence-corrected chi connectivity index (χ0v) is 13.0. The quantitative estimate of drug-likeness (QED) is 0.916. The fourth-order valence-corrected chi connectivity index (χ4v) is 3.82. The molecule has 2 aromatic rings. The number of rotatable bonds is 3. The number of carbonyl (C=O) groups is 1.